The van der Waals surface area contributed by atoms with Gasteiger partial charge in [0.25, 0.3) is 0 Å². The van der Waals surface area contributed by atoms with Gasteiger partial charge in [-0.15, -0.1) is 0 Å². The SMILES string of the molecule is Nc1ccccc1NCc1cnc[nH]1. The van der Waals surface area contributed by atoms with Crippen LogP contribution in [0.2, 0.25) is 0 Å². The Labute approximate surface area is 82.2 Å². The fraction of sp³-hybridized carbons (Fsp3) is 0.100. The molecule has 0 spiro atoms. The second-order valence-electron chi connectivity index (χ2n) is 3.02. The van der Waals surface area contributed by atoms with Crippen LogP contribution in [-0.2, 0) is 6.54 Å². The minimum Gasteiger partial charge on any atom is -0.397 e. The Morgan fingerprint density at radius 1 is 1.36 bits per heavy atom. The summed E-state index contributed by atoms with van der Waals surface area (Å²) >= 11 is 0. The van der Waals surface area contributed by atoms with Crippen LogP contribution >= 0.6 is 0 Å². The van der Waals surface area contributed by atoms with E-state index in [1.165, 1.54) is 0 Å². The highest BCUT2D eigenvalue weighted by Crippen LogP contribution is 2.16. The molecule has 0 saturated carbocycles. The molecule has 1 aromatic heterocycles. The van der Waals surface area contributed by atoms with Gasteiger partial charge in [-0.25, -0.2) is 4.98 Å². The van der Waals surface area contributed by atoms with Crippen molar-refractivity contribution in [2.24, 2.45) is 0 Å². The Hall–Kier alpha value is -1.97. The zero-order chi connectivity index (χ0) is 9.80. The van der Waals surface area contributed by atoms with Crippen molar-refractivity contribution in [1.82, 2.24) is 9.97 Å². The van der Waals surface area contributed by atoms with Crippen molar-refractivity contribution in [3.05, 3.63) is 42.5 Å². The Balaban J connectivity index is 2.02. The van der Waals surface area contributed by atoms with E-state index in [2.05, 4.69) is 15.3 Å². The number of hydrogen-bond acceptors (Lipinski definition) is 3. The third-order valence-electron chi connectivity index (χ3n) is 1.98. The average Bonchev–Trinajstić information content (AvgIpc) is 2.69. The molecule has 0 bridgehead atoms. The van der Waals surface area contributed by atoms with Crippen molar-refractivity contribution in [1.29, 1.82) is 0 Å². The molecule has 0 unspecified atom stereocenters. The number of aromatic amines is 1. The maximum atomic E-state index is 5.77. The van der Waals surface area contributed by atoms with E-state index in [1.807, 2.05) is 24.3 Å². The van der Waals surface area contributed by atoms with Gasteiger partial charge in [0.1, 0.15) is 0 Å². The summed E-state index contributed by atoms with van der Waals surface area (Å²) in [5, 5.41) is 3.22. The Bertz CT molecular complexity index is 394. The van der Waals surface area contributed by atoms with Crippen LogP contribution in [-0.4, -0.2) is 9.97 Å². The van der Waals surface area contributed by atoms with Gasteiger partial charge in [0.05, 0.1) is 29.9 Å². The first-order valence-electron chi connectivity index (χ1n) is 4.42. The fourth-order valence-electron chi connectivity index (χ4n) is 1.23. The van der Waals surface area contributed by atoms with E-state index < -0.39 is 0 Å². The molecule has 2 rings (SSSR count). The highest BCUT2D eigenvalue weighted by molar-refractivity contribution is 5.65. The average molecular weight is 188 g/mol. The largest absolute Gasteiger partial charge is 0.397 e. The fourth-order valence-corrected chi connectivity index (χ4v) is 1.23. The molecular formula is C10H12N4. The molecule has 1 aromatic carbocycles. The van der Waals surface area contributed by atoms with Gasteiger partial charge in [0.15, 0.2) is 0 Å². The van der Waals surface area contributed by atoms with Crippen LogP contribution in [0.25, 0.3) is 0 Å². The molecule has 14 heavy (non-hydrogen) atoms. The predicted octanol–water partition coefficient (Wildman–Crippen LogP) is 1.60. The lowest BCUT2D eigenvalue weighted by atomic mass is 10.2. The van der Waals surface area contributed by atoms with Gasteiger partial charge in [0.2, 0.25) is 0 Å². The summed E-state index contributed by atoms with van der Waals surface area (Å²) in [5.41, 5.74) is 8.51. The molecule has 0 atom stereocenters. The number of H-pyrrole nitrogens is 1. The number of anilines is 2. The number of para-hydroxylation sites is 2. The van der Waals surface area contributed by atoms with E-state index >= 15 is 0 Å². The number of rotatable bonds is 3. The molecule has 0 radical (unpaired) electrons. The lowest BCUT2D eigenvalue weighted by Crippen LogP contribution is -2.02. The molecule has 1 heterocycles. The van der Waals surface area contributed by atoms with Crippen molar-refractivity contribution in [3.63, 3.8) is 0 Å². The molecule has 4 heteroatoms. The standard InChI is InChI=1S/C10H12N4/c11-9-3-1-2-4-10(9)13-6-8-5-12-7-14-8/h1-5,7,13H,6,11H2,(H,12,14). The lowest BCUT2D eigenvalue weighted by Gasteiger charge is -2.06. The first-order chi connectivity index (χ1) is 6.86. The Morgan fingerprint density at radius 2 is 2.21 bits per heavy atom. The highest BCUT2D eigenvalue weighted by atomic mass is 14.9. The summed E-state index contributed by atoms with van der Waals surface area (Å²) in [5.74, 6) is 0. The van der Waals surface area contributed by atoms with Crippen LogP contribution in [0.5, 0.6) is 0 Å². The van der Waals surface area contributed by atoms with Crippen LogP contribution < -0.4 is 11.1 Å². The van der Waals surface area contributed by atoms with E-state index in [-0.39, 0.29) is 0 Å². The van der Waals surface area contributed by atoms with Crippen LogP contribution in [0.15, 0.2) is 36.8 Å². The molecule has 0 aliphatic heterocycles. The van der Waals surface area contributed by atoms with Crippen molar-refractivity contribution in [2.75, 3.05) is 11.1 Å². The molecule has 4 nitrogen and oxygen atoms in total. The molecule has 0 aliphatic carbocycles. The van der Waals surface area contributed by atoms with E-state index in [9.17, 15) is 0 Å². The van der Waals surface area contributed by atoms with E-state index in [1.54, 1.807) is 12.5 Å². The van der Waals surface area contributed by atoms with Crippen LogP contribution in [0, 0.1) is 0 Å². The van der Waals surface area contributed by atoms with E-state index in [0.29, 0.717) is 6.54 Å². The number of nitrogens with zero attached hydrogens (tertiary/aromatic N) is 1. The molecule has 0 aliphatic rings. The molecule has 72 valence electrons. The van der Waals surface area contributed by atoms with Crippen LogP contribution in [0.1, 0.15) is 5.69 Å². The van der Waals surface area contributed by atoms with Gasteiger partial charge in [-0.05, 0) is 12.1 Å². The number of imidazole rings is 1. The van der Waals surface area contributed by atoms with Crippen molar-refractivity contribution in [2.45, 2.75) is 6.54 Å². The Morgan fingerprint density at radius 3 is 2.93 bits per heavy atom. The summed E-state index contributed by atoms with van der Waals surface area (Å²) in [7, 11) is 0. The van der Waals surface area contributed by atoms with Gasteiger partial charge in [-0.1, -0.05) is 12.1 Å². The number of nitrogens with one attached hydrogen (secondary N) is 2. The van der Waals surface area contributed by atoms with Gasteiger partial charge in [-0.2, -0.15) is 0 Å². The smallest absolute Gasteiger partial charge is 0.0922 e. The molecule has 0 saturated heterocycles. The summed E-state index contributed by atoms with van der Waals surface area (Å²) < 4.78 is 0. The quantitative estimate of drug-likeness (QED) is 0.641. The van der Waals surface area contributed by atoms with Gasteiger partial charge in [0, 0.05) is 6.20 Å². The normalized spacial score (nSPS) is 10.0. The minimum atomic E-state index is 0.703. The van der Waals surface area contributed by atoms with Gasteiger partial charge in [-0.3, -0.25) is 0 Å². The molecule has 2 aromatic rings. The second-order valence-corrected chi connectivity index (χ2v) is 3.02. The third-order valence-corrected chi connectivity index (χ3v) is 1.98. The van der Waals surface area contributed by atoms with Gasteiger partial charge < -0.3 is 16.0 Å². The first kappa shape index (κ1) is 8.62. The van der Waals surface area contributed by atoms with Crippen molar-refractivity contribution < 1.29 is 0 Å². The number of benzene rings is 1. The zero-order valence-electron chi connectivity index (χ0n) is 7.70. The number of aromatic nitrogens is 2. The Kier molecular flexibility index (Phi) is 2.36. The second kappa shape index (κ2) is 3.83. The van der Waals surface area contributed by atoms with Gasteiger partial charge >= 0.3 is 0 Å². The first-order valence-corrected chi connectivity index (χ1v) is 4.42. The lowest BCUT2D eigenvalue weighted by molar-refractivity contribution is 1.07. The minimum absolute atomic E-state index is 0.703. The maximum absolute atomic E-state index is 5.77. The molecule has 4 N–H and O–H groups in total. The van der Waals surface area contributed by atoms with Crippen LogP contribution in [0.4, 0.5) is 11.4 Å². The summed E-state index contributed by atoms with van der Waals surface area (Å²) in [4.78, 5) is 6.94. The zero-order valence-corrected chi connectivity index (χ0v) is 7.70. The summed E-state index contributed by atoms with van der Waals surface area (Å²) in [6.45, 7) is 0.703. The van der Waals surface area contributed by atoms with Crippen molar-refractivity contribution >= 4 is 11.4 Å². The van der Waals surface area contributed by atoms with Crippen molar-refractivity contribution in [3.8, 4) is 0 Å². The number of hydrogen-bond donors (Lipinski definition) is 3. The monoisotopic (exact) mass is 188 g/mol. The number of nitrogens with two attached hydrogens (primary N) is 1. The topological polar surface area (TPSA) is 66.7 Å². The molecular weight excluding hydrogens is 176 g/mol. The predicted molar refractivity (Wildman–Crippen MR) is 56.8 cm³/mol. The highest BCUT2D eigenvalue weighted by Gasteiger charge is 1.97. The van der Waals surface area contributed by atoms with E-state index in [4.69, 9.17) is 5.73 Å². The summed E-state index contributed by atoms with van der Waals surface area (Å²) in [6.07, 6.45) is 3.44. The maximum Gasteiger partial charge on any atom is 0.0922 e. The van der Waals surface area contributed by atoms with E-state index in [0.717, 1.165) is 17.1 Å². The van der Waals surface area contributed by atoms with Crippen LogP contribution in [0.3, 0.4) is 0 Å². The molecule has 0 amide bonds. The summed E-state index contributed by atoms with van der Waals surface area (Å²) in [6, 6.07) is 7.68. The number of nitrogen functional groups attached to an aromatic ring is 1. The molecule has 0 fully saturated rings. The third kappa shape index (κ3) is 1.85.